The van der Waals surface area contributed by atoms with E-state index in [-0.39, 0.29) is 5.75 Å². The van der Waals surface area contributed by atoms with Gasteiger partial charge < -0.3 is 15.2 Å². The molecule has 0 aromatic carbocycles. The molecule has 3 N–H and O–H groups in total. The quantitative estimate of drug-likeness (QED) is 0.473. The first-order valence-electron chi connectivity index (χ1n) is 6.90. The molecule has 1 rings (SSSR count). The molecule has 1 aliphatic heterocycles. The van der Waals surface area contributed by atoms with E-state index >= 15 is 0 Å². The van der Waals surface area contributed by atoms with Gasteiger partial charge in [0.2, 0.25) is 15.9 Å². The second-order valence-electron chi connectivity index (χ2n) is 5.03. The number of ether oxygens (including phenoxy) is 1. The van der Waals surface area contributed by atoms with Gasteiger partial charge in [-0.3, -0.25) is 4.79 Å². The fraction of sp³-hybridized carbons (Fsp3) is 0.833. The molecule has 128 valence electrons. The van der Waals surface area contributed by atoms with Crippen LogP contribution in [-0.2, 0) is 24.3 Å². The third-order valence-electron chi connectivity index (χ3n) is 3.35. The summed E-state index contributed by atoms with van der Waals surface area (Å²) in [6, 6.07) is 0. The zero-order valence-electron chi connectivity index (χ0n) is 12.5. The highest BCUT2D eigenvalue weighted by atomic mass is 32.2. The molecule has 1 aliphatic rings. The van der Waals surface area contributed by atoms with E-state index in [2.05, 4.69) is 10.0 Å². The molecule has 0 aliphatic carbocycles. The van der Waals surface area contributed by atoms with Crippen molar-refractivity contribution in [2.45, 2.75) is 24.8 Å². The molecular formula is C12H22N2O6S2. The molecular weight excluding hydrogens is 332 g/mol. The summed E-state index contributed by atoms with van der Waals surface area (Å²) in [7, 11) is -2.10. The van der Waals surface area contributed by atoms with Crippen LogP contribution in [0.3, 0.4) is 0 Å². The Morgan fingerprint density at radius 1 is 1.32 bits per heavy atom. The van der Waals surface area contributed by atoms with Gasteiger partial charge in [-0.25, -0.2) is 17.9 Å². The number of nitrogens with one attached hydrogen (secondary N) is 2. The lowest BCUT2D eigenvalue weighted by atomic mass is 9.92. The van der Waals surface area contributed by atoms with Crippen LogP contribution in [-0.4, -0.2) is 68.5 Å². The first kappa shape index (κ1) is 19.2. The monoisotopic (exact) mass is 354 g/mol. The van der Waals surface area contributed by atoms with Gasteiger partial charge in [0.15, 0.2) is 0 Å². The van der Waals surface area contributed by atoms with Gasteiger partial charge in [-0.2, -0.15) is 11.8 Å². The highest BCUT2D eigenvalue weighted by Gasteiger charge is 2.41. The summed E-state index contributed by atoms with van der Waals surface area (Å²) in [6.07, 6.45) is 0.988. The van der Waals surface area contributed by atoms with Crippen LogP contribution in [0.15, 0.2) is 0 Å². The first-order chi connectivity index (χ1) is 10.3. The van der Waals surface area contributed by atoms with Crippen LogP contribution in [0, 0.1) is 0 Å². The molecule has 22 heavy (non-hydrogen) atoms. The SMILES string of the molecule is COCCCS(=O)(=O)NCC(=O)NC1(C(=O)O)CCSCC1. The van der Waals surface area contributed by atoms with E-state index in [1.165, 1.54) is 7.11 Å². The molecule has 10 heteroatoms. The molecule has 0 aromatic heterocycles. The van der Waals surface area contributed by atoms with Crippen molar-refractivity contribution >= 4 is 33.7 Å². The molecule has 0 saturated carbocycles. The number of thioether (sulfide) groups is 1. The molecule has 1 amide bonds. The number of carbonyl (C=O) groups excluding carboxylic acids is 1. The lowest BCUT2D eigenvalue weighted by Gasteiger charge is -2.33. The molecule has 0 spiro atoms. The van der Waals surface area contributed by atoms with Crippen molar-refractivity contribution in [3.63, 3.8) is 0 Å². The summed E-state index contributed by atoms with van der Waals surface area (Å²) in [5.74, 6) is -0.562. The Morgan fingerprint density at radius 3 is 2.50 bits per heavy atom. The third kappa shape index (κ3) is 6.11. The molecule has 0 radical (unpaired) electrons. The maximum Gasteiger partial charge on any atom is 0.329 e. The summed E-state index contributed by atoms with van der Waals surface area (Å²) in [6.45, 7) is -0.148. The van der Waals surface area contributed by atoms with E-state index in [0.717, 1.165) is 0 Å². The van der Waals surface area contributed by atoms with Gasteiger partial charge in [-0.1, -0.05) is 0 Å². The lowest BCUT2D eigenvalue weighted by molar-refractivity contribution is -0.147. The van der Waals surface area contributed by atoms with Crippen molar-refractivity contribution in [3.8, 4) is 0 Å². The predicted octanol–water partition coefficient (Wildman–Crippen LogP) is -0.591. The smallest absolute Gasteiger partial charge is 0.329 e. The molecule has 0 aromatic rings. The second kappa shape index (κ2) is 8.70. The second-order valence-corrected chi connectivity index (χ2v) is 8.19. The zero-order chi connectivity index (χ0) is 16.6. The lowest BCUT2D eigenvalue weighted by Crippen LogP contribution is -2.58. The minimum atomic E-state index is -3.57. The Kier molecular flexibility index (Phi) is 7.60. The van der Waals surface area contributed by atoms with E-state index in [1.54, 1.807) is 11.8 Å². The van der Waals surface area contributed by atoms with Gasteiger partial charge in [-0.05, 0) is 30.8 Å². The number of methoxy groups -OCH3 is 1. The van der Waals surface area contributed by atoms with Crippen LogP contribution in [0.4, 0.5) is 0 Å². The van der Waals surface area contributed by atoms with Gasteiger partial charge in [0.05, 0.1) is 12.3 Å². The number of carboxylic acids is 1. The maximum absolute atomic E-state index is 11.9. The average molecular weight is 354 g/mol. The topological polar surface area (TPSA) is 122 Å². The number of amides is 1. The van der Waals surface area contributed by atoms with Crippen LogP contribution in [0.2, 0.25) is 0 Å². The fourth-order valence-electron chi connectivity index (χ4n) is 2.06. The highest BCUT2D eigenvalue weighted by molar-refractivity contribution is 7.99. The summed E-state index contributed by atoms with van der Waals surface area (Å²) >= 11 is 1.63. The number of hydrogen-bond donors (Lipinski definition) is 3. The van der Waals surface area contributed by atoms with Crippen LogP contribution < -0.4 is 10.0 Å². The minimum Gasteiger partial charge on any atom is -0.480 e. The molecule has 8 nitrogen and oxygen atoms in total. The Bertz CT molecular complexity index is 488. The van der Waals surface area contributed by atoms with Crippen LogP contribution in [0.1, 0.15) is 19.3 Å². The van der Waals surface area contributed by atoms with Gasteiger partial charge in [0.1, 0.15) is 5.54 Å². The van der Waals surface area contributed by atoms with Gasteiger partial charge in [0, 0.05) is 13.7 Å². The van der Waals surface area contributed by atoms with Crippen LogP contribution >= 0.6 is 11.8 Å². The third-order valence-corrected chi connectivity index (χ3v) is 5.74. The van der Waals surface area contributed by atoms with E-state index in [4.69, 9.17) is 4.74 Å². The standard InChI is InChI=1S/C12H22N2O6S2/c1-20-5-2-8-22(18,19)13-9-10(15)14-12(11(16)17)3-6-21-7-4-12/h13H,2-9H2,1H3,(H,14,15)(H,16,17). The van der Waals surface area contributed by atoms with Crippen molar-refractivity contribution in [2.24, 2.45) is 0 Å². The largest absolute Gasteiger partial charge is 0.480 e. The first-order valence-corrected chi connectivity index (χ1v) is 9.70. The molecule has 0 atom stereocenters. The average Bonchev–Trinajstić information content (AvgIpc) is 2.46. The van der Waals surface area contributed by atoms with Gasteiger partial charge in [-0.15, -0.1) is 0 Å². The normalized spacial score (nSPS) is 17.9. The van der Waals surface area contributed by atoms with E-state index in [9.17, 15) is 23.1 Å². The number of carboxylic acid groups (broad SMARTS) is 1. The van der Waals surface area contributed by atoms with E-state index in [0.29, 0.717) is 37.4 Å². The number of aliphatic carboxylic acids is 1. The Hall–Kier alpha value is -0.840. The summed E-state index contributed by atoms with van der Waals surface area (Å²) in [5, 5.41) is 11.8. The maximum atomic E-state index is 11.9. The van der Waals surface area contributed by atoms with Crippen LogP contribution in [0.5, 0.6) is 0 Å². The molecule has 1 saturated heterocycles. The number of carbonyl (C=O) groups is 2. The molecule has 1 heterocycles. The summed E-state index contributed by atoms with van der Waals surface area (Å²) in [4.78, 5) is 23.3. The van der Waals surface area contributed by atoms with Crippen molar-refractivity contribution in [1.29, 1.82) is 0 Å². The van der Waals surface area contributed by atoms with Crippen molar-refractivity contribution in [1.82, 2.24) is 10.0 Å². The molecule has 1 fully saturated rings. The number of hydrogen-bond acceptors (Lipinski definition) is 6. The van der Waals surface area contributed by atoms with Gasteiger partial charge >= 0.3 is 5.97 Å². The predicted molar refractivity (Wildman–Crippen MR) is 83.4 cm³/mol. The Morgan fingerprint density at radius 2 is 1.95 bits per heavy atom. The van der Waals surface area contributed by atoms with E-state index < -0.39 is 34.0 Å². The molecule has 0 bridgehead atoms. The van der Waals surface area contributed by atoms with Gasteiger partial charge in [0.25, 0.3) is 0 Å². The van der Waals surface area contributed by atoms with Crippen molar-refractivity contribution in [2.75, 3.05) is 37.5 Å². The fourth-order valence-corrected chi connectivity index (χ4v) is 4.25. The number of sulfonamides is 1. The summed E-state index contributed by atoms with van der Waals surface area (Å²) in [5.41, 5.74) is -1.29. The number of rotatable bonds is 9. The molecule has 0 unspecified atom stereocenters. The van der Waals surface area contributed by atoms with Crippen molar-refractivity contribution < 1.29 is 27.9 Å². The van der Waals surface area contributed by atoms with Crippen LogP contribution in [0.25, 0.3) is 0 Å². The van der Waals surface area contributed by atoms with E-state index in [1.807, 2.05) is 0 Å². The highest BCUT2D eigenvalue weighted by Crippen LogP contribution is 2.27. The summed E-state index contributed by atoms with van der Waals surface area (Å²) < 4.78 is 30.2. The Balaban J connectivity index is 2.49. The Labute approximate surface area is 134 Å². The minimum absolute atomic E-state index is 0.144. The zero-order valence-corrected chi connectivity index (χ0v) is 14.1. The van der Waals surface area contributed by atoms with Crippen molar-refractivity contribution in [3.05, 3.63) is 0 Å².